The molecule has 4 N–H and O–H groups in total. The Morgan fingerprint density at radius 1 is 0.950 bits per heavy atom. The van der Waals surface area contributed by atoms with Gasteiger partial charge in [-0.3, -0.25) is 19.1 Å². The second-order valence-electron chi connectivity index (χ2n) is 15.0. The van der Waals surface area contributed by atoms with Gasteiger partial charge in [-0.2, -0.15) is 0 Å². The normalized spacial score (nSPS) is 15.4. The van der Waals surface area contributed by atoms with E-state index in [9.17, 15) is 19.5 Å². The van der Waals surface area contributed by atoms with E-state index in [-0.39, 0.29) is 43.6 Å². The number of aromatic nitrogens is 4. The van der Waals surface area contributed by atoms with E-state index in [4.69, 9.17) is 37.7 Å². The molecule has 1 atom stereocenters. The minimum atomic E-state index is -1.01. The lowest BCUT2D eigenvalue weighted by molar-refractivity contribution is -0.128. The molecule has 0 saturated heterocycles. The predicted octanol–water partition coefficient (Wildman–Crippen LogP) is 8.03. The van der Waals surface area contributed by atoms with Crippen LogP contribution in [0.3, 0.4) is 0 Å². The number of fused-ring (bicyclic) bond motifs is 4. The highest BCUT2D eigenvalue weighted by Gasteiger charge is 2.40. The number of carbonyl (C=O) groups excluding carboxylic acids is 2. The first-order valence-electron chi connectivity index (χ1n) is 19.7. The zero-order chi connectivity index (χ0) is 42.1. The number of amides is 2. The van der Waals surface area contributed by atoms with Gasteiger partial charge in [0.2, 0.25) is 11.8 Å². The van der Waals surface area contributed by atoms with E-state index in [1.54, 1.807) is 23.5 Å². The summed E-state index contributed by atoms with van der Waals surface area (Å²) in [4.78, 5) is 46.8. The molecule has 6 aromatic rings. The summed E-state index contributed by atoms with van der Waals surface area (Å²) in [5.74, 6) is -0.211. The average molecular weight is 869 g/mol. The zero-order valence-corrected chi connectivity index (χ0v) is 35.6. The van der Waals surface area contributed by atoms with Gasteiger partial charge in [0, 0.05) is 56.8 Å². The number of thiophene rings is 1. The fourth-order valence-corrected chi connectivity index (χ4v) is 9.42. The van der Waals surface area contributed by atoms with Gasteiger partial charge in [0.15, 0.2) is 5.82 Å². The summed E-state index contributed by atoms with van der Waals surface area (Å²) in [6.07, 6.45) is 4.26. The molecule has 8 rings (SSSR count). The minimum absolute atomic E-state index is 0.0440. The van der Waals surface area contributed by atoms with E-state index in [1.165, 1.54) is 6.20 Å². The van der Waals surface area contributed by atoms with Crippen molar-refractivity contribution in [2.24, 2.45) is 4.99 Å². The Kier molecular flexibility index (Phi) is 11.9. The van der Waals surface area contributed by atoms with Crippen molar-refractivity contribution >= 4 is 68.9 Å². The summed E-state index contributed by atoms with van der Waals surface area (Å²) in [7, 11) is 0. The van der Waals surface area contributed by atoms with Gasteiger partial charge in [0.25, 0.3) is 0 Å². The van der Waals surface area contributed by atoms with Gasteiger partial charge in [-0.15, -0.1) is 21.5 Å². The van der Waals surface area contributed by atoms with E-state index in [0.29, 0.717) is 45.7 Å². The highest BCUT2D eigenvalue weighted by molar-refractivity contribution is 7.15. The van der Waals surface area contributed by atoms with Crippen molar-refractivity contribution in [3.05, 3.63) is 121 Å². The number of aliphatic imine (C=N–C) groups is 1. The number of nitrogens with zero attached hydrogens (tertiary/aromatic N) is 4. The number of aromatic carboxylic acids is 1. The van der Waals surface area contributed by atoms with Gasteiger partial charge in [-0.25, -0.2) is 4.79 Å². The molecular weight excluding hydrogens is 825 g/mol. The first-order chi connectivity index (χ1) is 28.9. The molecule has 0 spiro atoms. The molecule has 13 nitrogen and oxygen atoms in total. The summed E-state index contributed by atoms with van der Waals surface area (Å²) in [6, 6.07) is 18.5. The van der Waals surface area contributed by atoms with E-state index in [2.05, 4.69) is 39.7 Å². The summed E-state index contributed by atoms with van der Waals surface area (Å²) < 4.78 is 13.9. The molecule has 60 heavy (non-hydrogen) atoms. The Bertz CT molecular complexity index is 2630. The molecule has 0 radical (unpaired) electrons. The van der Waals surface area contributed by atoms with Crippen molar-refractivity contribution in [1.29, 1.82) is 0 Å². The van der Waals surface area contributed by atoms with Crippen LogP contribution in [0.4, 0.5) is 0 Å². The molecule has 3 aromatic carbocycles. The van der Waals surface area contributed by atoms with Crippen LogP contribution < -0.4 is 10.6 Å². The van der Waals surface area contributed by atoms with Crippen LogP contribution in [0.5, 0.6) is 0 Å². The number of benzene rings is 3. The van der Waals surface area contributed by atoms with Crippen LogP contribution in [-0.2, 0) is 24.7 Å². The Hall–Kier alpha value is -5.38. The minimum Gasteiger partial charge on any atom is -0.478 e. The van der Waals surface area contributed by atoms with Gasteiger partial charge >= 0.3 is 5.97 Å². The van der Waals surface area contributed by atoms with Crippen LogP contribution in [0.15, 0.2) is 71.9 Å². The highest BCUT2D eigenvalue weighted by atomic mass is 35.5. The van der Waals surface area contributed by atoms with Crippen LogP contribution in [0.1, 0.15) is 80.9 Å². The molecular formula is C44H43Cl2N7O6S. The maximum absolute atomic E-state index is 13.3. The van der Waals surface area contributed by atoms with E-state index in [1.807, 2.05) is 60.0 Å². The van der Waals surface area contributed by atoms with Crippen molar-refractivity contribution in [3.63, 3.8) is 0 Å². The quantitative estimate of drug-likeness (QED) is 0.0751. The number of halogens is 2. The van der Waals surface area contributed by atoms with E-state index in [0.717, 1.165) is 68.2 Å². The SMILES string of the molecule is Cc1sc2c(c1C)C(c1ccc(Cl)cc1)=N[C@@H](CC(=O)NCCOCC(=O)NCCOC1(c3ccc(-c4cc5c(C(=O)O)c[nH]c5cc4Cl)cc3)CCC1)c1nnc(C)n1-2. The van der Waals surface area contributed by atoms with E-state index >= 15 is 0 Å². The summed E-state index contributed by atoms with van der Waals surface area (Å²) in [5.41, 5.74) is 6.82. The zero-order valence-electron chi connectivity index (χ0n) is 33.2. The lowest BCUT2D eigenvalue weighted by Gasteiger charge is -2.42. The summed E-state index contributed by atoms with van der Waals surface area (Å²) in [5, 5.41) is 26.8. The molecule has 0 unspecified atom stereocenters. The first-order valence-corrected chi connectivity index (χ1v) is 21.3. The van der Waals surface area contributed by atoms with Crippen molar-refractivity contribution in [2.75, 3.05) is 32.9 Å². The fourth-order valence-electron chi connectivity index (χ4n) is 7.80. The maximum Gasteiger partial charge on any atom is 0.337 e. The average Bonchev–Trinajstić information content (AvgIpc) is 3.87. The van der Waals surface area contributed by atoms with E-state index < -0.39 is 17.6 Å². The predicted molar refractivity (Wildman–Crippen MR) is 232 cm³/mol. The molecule has 1 saturated carbocycles. The molecule has 3 aromatic heterocycles. The third-order valence-corrected chi connectivity index (χ3v) is 13.0. The smallest absolute Gasteiger partial charge is 0.337 e. The Morgan fingerprint density at radius 2 is 1.67 bits per heavy atom. The lowest BCUT2D eigenvalue weighted by atomic mass is 9.74. The number of ether oxygens (including phenoxy) is 2. The van der Waals surface area contributed by atoms with Crippen molar-refractivity contribution in [1.82, 2.24) is 30.4 Å². The molecule has 2 amide bonds. The van der Waals surface area contributed by atoms with Gasteiger partial charge < -0.3 is 30.2 Å². The third-order valence-electron chi connectivity index (χ3n) is 11.2. The Labute approximate surface area is 360 Å². The number of rotatable bonds is 15. The third kappa shape index (κ3) is 8.22. The van der Waals surface area contributed by atoms with Gasteiger partial charge in [0.1, 0.15) is 23.5 Å². The number of nitrogens with one attached hydrogen (secondary N) is 3. The monoisotopic (exact) mass is 867 g/mol. The van der Waals surface area contributed by atoms with Crippen LogP contribution in [0, 0.1) is 20.8 Å². The van der Waals surface area contributed by atoms with Crippen LogP contribution in [-0.4, -0.2) is 81.3 Å². The van der Waals surface area contributed by atoms with Crippen molar-refractivity contribution in [2.45, 2.75) is 58.1 Å². The molecule has 4 heterocycles. The number of carbonyl (C=O) groups is 3. The number of hydrogen-bond donors (Lipinski definition) is 4. The van der Waals surface area contributed by atoms with Gasteiger partial charge in [-0.1, -0.05) is 59.6 Å². The topological polar surface area (TPSA) is 173 Å². The largest absolute Gasteiger partial charge is 0.478 e. The van der Waals surface area contributed by atoms with Crippen LogP contribution >= 0.6 is 34.5 Å². The number of aromatic amines is 1. The Morgan fingerprint density at radius 3 is 2.38 bits per heavy atom. The molecule has 310 valence electrons. The van der Waals surface area contributed by atoms with Crippen LogP contribution in [0.25, 0.3) is 27.0 Å². The van der Waals surface area contributed by atoms with Gasteiger partial charge in [-0.05, 0) is 81.0 Å². The summed E-state index contributed by atoms with van der Waals surface area (Å²) >= 11 is 14.5. The summed E-state index contributed by atoms with van der Waals surface area (Å²) in [6.45, 7) is 6.89. The molecule has 1 aliphatic carbocycles. The molecule has 0 bridgehead atoms. The van der Waals surface area contributed by atoms with Gasteiger partial charge in [0.05, 0.1) is 41.5 Å². The van der Waals surface area contributed by atoms with Crippen molar-refractivity contribution in [3.8, 4) is 16.1 Å². The second-order valence-corrected chi connectivity index (χ2v) is 17.1. The number of aryl methyl sites for hydroxylation is 2. The van der Waals surface area contributed by atoms with Crippen molar-refractivity contribution < 1.29 is 29.0 Å². The fraction of sp³-hybridized carbons (Fsp3) is 0.318. The number of hydrogen-bond acceptors (Lipinski definition) is 9. The Balaban J connectivity index is 0.802. The number of carboxylic acid groups (broad SMARTS) is 1. The van der Waals surface area contributed by atoms with Crippen LogP contribution in [0.2, 0.25) is 10.0 Å². The molecule has 16 heteroatoms. The molecule has 1 fully saturated rings. The first kappa shape index (κ1) is 41.4. The lowest BCUT2D eigenvalue weighted by Crippen LogP contribution is -2.40. The number of H-pyrrole nitrogens is 1. The second kappa shape index (κ2) is 17.3. The molecule has 1 aliphatic heterocycles. The number of carboxylic acids is 1. The maximum atomic E-state index is 13.3. The highest BCUT2D eigenvalue weighted by Crippen LogP contribution is 2.46. The standard InChI is InChI=1S/C44H43Cl2N7O6S/c1-24-25(2)60-42-39(24)40(28-7-11-30(45)12-8-28)50-36(41-52-51-26(3)53(41)42)21-37(54)47-15-17-58-23-38(55)48-16-18-59-44(13-4-14-44)29-9-5-27(6-10-29)31-19-32-33(43(56)57)22-49-35(32)20-34(31)46/h5-12,19-20,22,36,49H,4,13-18,21,23H2,1-3H3,(H,47,54)(H,48,55)(H,56,57)/t36-/m0/s1. The molecule has 2 aliphatic rings.